The highest BCUT2D eigenvalue weighted by Gasteiger charge is 2.09. The Labute approximate surface area is 119 Å². The molecule has 0 amide bonds. The zero-order chi connectivity index (χ0) is 14.8. The predicted molar refractivity (Wildman–Crippen MR) is 72.4 cm³/mol. The summed E-state index contributed by atoms with van der Waals surface area (Å²) in [6.45, 7) is 0.0711. The molecule has 3 aromatic rings. The van der Waals surface area contributed by atoms with Gasteiger partial charge in [-0.2, -0.15) is 0 Å². The number of carbonyl (C=O) groups is 1. The second-order valence-electron chi connectivity index (χ2n) is 4.31. The van der Waals surface area contributed by atoms with E-state index < -0.39 is 5.97 Å². The molecule has 0 aliphatic carbocycles. The third-order valence-electron chi connectivity index (χ3n) is 2.84. The van der Waals surface area contributed by atoms with E-state index in [-0.39, 0.29) is 17.9 Å². The van der Waals surface area contributed by atoms with Gasteiger partial charge in [0.2, 0.25) is 0 Å². The standard InChI is InChI=1S/C14H11N3O4/c18-10-3-1-2-4-11(10)21-8-12-15-13-6-5-9(14(19)20)7-17(13)16-12/h1-7,18H,8H2,(H,19,20). The number of aromatic nitrogens is 3. The third-order valence-corrected chi connectivity index (χ3v) is 2.84. The molecule has 0 saturated heterocycles. The topological polar surface area (TPSA) is 97.0 Å². The Morgan fingerprint density at radius 3 is 2.81 bits per heavy atom. The van der Waals surface area contributed by atoms with Crippen LogP contribution in [0, 0.1) is 0 Å². The van der Waals surface area contributed by atoms with E-state index in [1.54, 1.807) is 24.3 Å². The maximum atomic E-state index is 10.9. The minimum Gasteiger partial charge on any atom is -0.504 e. The number of nitrogens with zero attached hydrogens (tertiary/aromatic N) is 3. The van der Waals surface area contributed by atoms with E-state index in [0.29, 0.717) is 17.2 Å². The number of fused-ring (bicyclic) bond motifs is 1. The number of ether oxygens (including phenoxy) is 1. The van der Waals surface area contributed by atoms with Crippen molar-refractivity contribution in [1.29, 1.82) is 0 Å². The van der Waals surface area contributed by atoms with Gasteiger partial charge in [0.25, 0.3) is 0 Å². The van der Waals surface area contributed by atoms with E-state index in [0.717, 1.165) is 0 Å². The zero-order valence-electron chi connectivity index (χ0n) is 10.8. The van der Waals surface area contributed by atoms with Crippen LogP contribution in [0.2, 0.25) is 0 Å². The summed E-state index contributed by atoms with van der Waals surface area (Å²) in [5.74, 6) is -0.266. The molecular weight excluding hydrogens is 274 g/mol. The molecule has 0 spiro atoms. The van der Waals surface area contributed by atoms with E-state index >= 15 is 0 Å². The van der Waals surface area contributed by atoms with Gasteiger partial charge in [-0.25, -0.2) is 14.3 Å². The Balaban J connectivity index is 1.82. The first-order valence-corrected chi connectivity index (χ1v) is 6.13. The fourth-order valence-corrected chi connectivity index (χ4v) is 1.84. The van der Waals surface area contributed by atoms with Gasteiger partial charge < -0.3 is 14.9 Å². The molecule has 2 aromatic heterocycles. The van der Waals surface area contributed by atoms with E-state index in [2.05, 4.69) is 10.1 Å². The SMILES string of the molecule is O=C(O)c1ccc2nc(COc3ccccc3O)nn2c1. The Bertz CT molecular complexity index is 813. The number of aromatic hydroxyl groups is 1. The number of pyridine rings is 1. The van der Waals surface area contributed by atoms with Gasteiger partial charge in [-0.3, -0.25) is 0 Å². The number of hydrogen-bond donors (Lipinski definition) is 2. The van der Waals surface area contributed by atoms with Crippen LogP contribution in [0.1, 0.15) is 16.2 Å². The number of phenolic OH excluding ortho intramolecular Hbond substituents is 1. The van der Waals surface area contributed by atoms with Crippen molar-refractivity contribution in [3.8, 4) is 11.5 Å². The van der Waals surface area contributed by atoms with Crippen LogP contribution in [-0.4, -0.2) is 30.8 Å². The number of carboxylic acid groups (broad SMARTS) is 1. The lowest BCUT2D eigenvalue weighted by atomic mass is 10.3. The van der Waals surface area contributed by atoms with Gasteiger partial charge in [0, 0.05) is 6.20 Å². The number of aromatic carboxylic acids is 1. The molecule has 0 bridgehead atoms. The summed E-state index contributed by atoms with van der Waals surface area (Å²) in [7, 11) is 0. The molecule has 0 atom stereocenters. The first-order chi connectivity index (χ1) is 10.1. The smallest absolute Gasteiger partial charge is 0.337 e. The fourth-order valence-electron chi connectivity index (χ4n) is 1.84. The lowest BCUT2D eigenvalue weighted by molar-refractivity contribution is 0.0696. The summed E-state index contributed by atoms with van der Waals surface area (Å²) in [6.07, 6.45) is 1.38. The second-order valence-corrected chi connectivity index (χ2v) is 4.31. The van der Waals surface area contributed by atoms with Gasteiger partial charge >= 0.3 is 5.97 Å². The number of para-hydroxylation sites is 2. The maximum absolute atomic E-state index is 10.9. The number of benzene rings is 1. The molecule has 3 rings (SSSR count). The summed E-state index contributed by atoms with van der Waals surface area (Å²) in [5.41, 5.74) is 0.649. The van der Waals surface area contributed by atoms with Crippen molar-refractivity contribution in [3.63, 3.8) is 0 Å². The van der Waals surface area contributed by atoms with Crippen LogP contribution in [0.3, 0.4) is 0 Å². The summed E-state index contributed by atoms with van der Waals surface area (Å²) >= 11 is 0. The monoisotopic (exact) mass is 285 g/mol. The molecule has 0 saturated carbocycles. The molecular formula is C14H11N3O4. The molecule has 2 N–H and O–H groups in total. The highest BCUT2D eigenvalue weighted by molar-refractivity contribution is 5.87. The number of carboxylic acids is 1. The van der Waals surface area contributed by atoms with Gasteiger partial charge in [-0.05, 0) is 24.3 Å². The highest BCUT2D eigenvalue weighted by Crippen LogP contribution is 2.24. The molecule has 0 aliphatic rings. The Hall–Kier alpha value is -3.09. The normalized spacial score (nSPS) is 10.7. The molecule has 1 aromatic carbocycles. The van der Waals surface area contributed by atoms with Gasteiger partial charge in [-0.1, -0.05) is 12.1 Å². The third kappa shape index (κ3) is 2.62. The number of rotatable bonds is 4. The molecule has 106 valence electrons. The Morgan fingerprint density at radius 1 is 1.24 bits per heavy atom. The predicted octanol–water partition coefficient (Wildman–Crippen LogP) is 1.71. The van der Waals surface area contributed by atoms with E-state index in [1.165, 1.54) is 22.8 Å². The second kappa shape index (κ2) is 5.12. The molecule has 7 heteroatoms. The minimum absolute atomic E-state index is 0.0365. The van der Waals surface area contributed by atoms with Crippen LogP contribution in [0.25, 0.3) is 5.65 Å². The lowest BCUT2D eigenvalue weighted by Crippen LogP contribution is -2.00. The van der Waals surface area contributed by atoms with Crippen LogP contribution >= 0.6 is 0 Å². The van der Waals surface area contributed by atoms with Crippen LogP contribution in [0.4, 0.5) is 0 Å². The molecule has 21 heavy (non-hydrogen) atoms. The summed E-state index contributed by atoms with van der Waals surface area (Å²) < 4.78 is 6.81. The lowest BCUT2D eigenvalue weighted by Gasteiger charge is -2.04. The maximum Gasteiger partial charge on any atom is 0.337 e. The van der Waals surface area contributed by atoms with Gasteiger partial charge in [0.15, 0.2) is 23.0 Å². The molecule has 7 nitrogen and oxygen atoms in total. The van der Waals surface area contributed by atoms with Crippen molar-refractivity contribution in [2.24, 2.45) is 0 Å². The largest absolute Gasteiger partial charge is 0.504 e. The van der Waals surface area contributed by atoms with E-state index in [4.69, 9.17) is 9.84 Å². The van der Waals surface area contributed by atoms with Gasteiger partial charge in [0.05, 0.1) is 5.56 Å². The zero-order valence-corrected chi connectivity index (χ0v) is 10.8. The molecule has 2 heterocycles. The van der Waals surface area contributed by atoms with Crippen molar-refractivity contribution in [1.82, 2.24) is 14.6 Å². The minimum atomic E-state index is -1.03. The Morgan fingerprint density at radius 2 is 2.05 bits per heavy atom. The van der Waals surface area contributed by atoms with E-state index in [1.807, 2.05) is 0 Å². The van der Waals surface area contributed by atoms with Gasteiger partial charge in [0.1, 0.15) is 6.61 Å². The molecule has 0 radical (unpaired) electrons. The van der Waals surface area contributed by atoms with Crippen molar-refractivity contribution >= 4 is 11.6 Å². The first-order valence-electron chi connectivity index (χ1n) is 6.13. The number of phenols is 1. The van der Waals surface area contributed by atoms with Crippen molar-refractivity contribution in [2.45, 2.75) is 6.61 Å². The van der Waals surface area contributed by atoms with Crippen molar-refractivity contribution in [2.75, 3.05) is 0 Å². The van der Waals surface area contributed by atoms with Gasteiger partial charge in [-0.15, -0.1) is 5.10 Å². The van der Waals surface area contributed by atoms with Crippen LogP contribution in [-0.2, 0) is 6.61 Å². The van der Waals surface area contributed by atoms with Crippen molar-refractivity contribution < 1.29 is 19.7 Å². The summed E-state index contributed by atoms with van der Waals surface area (Å²) in [6, 6.07) is 9.61. The summed E-state index contributed by atoms with van der Waals surface area (Å²) in [5, 5.41) is 22.6. The van der Waals surface area contributed by atoms with Crippen molar-refractivity contribution in [3.05, 3.63) is 54.0 Å². The Kier molecular flexibility index (Phi) is 3.15. The number of hydrogen-bond acceptors (Lipinski definition) is 5. The van der Waals surface area contributed by atoms with Crippen LogP contribution in [0.5, 0.6) is 11.5 Å². The summed E-state index contributed by atoms with van der Waals surface area (Å²) in [4.78, 5) is 15.1. The average Bonchev–Trinajstić information content (AvgIpc) is 2.88. The molecule has 0 unspecified atom stereocenters. The van der Waals surface area contributed by atoms with Crippen LogP contribution < -0.4 is 4.74 Å². The molecule has 0 aliphatic heterocycles. The first kappa shape index (κ1) is 12.9. The fraction of sp³-hybridized carbons (Fsp3) is 0.0714. The highest BCUT2D eigenvalue weighted by atomic mass is 16.5. The van der Waals surface area contributed by atoms with Crippen LogP contribution in [0.15, 0.2) is 42.6 Å². The molecule has 0 fully saturated rings. The quantitative estimate of drug-likeness (QED) is 0.757. The van der Waals surface area contributed by atoms with E-state index in [9.17, 15) is 9.90 Å². The average molecular weight is 285 g/mol.